The molecule has 0 heterocycles. The van der Waals surface area contributed by atoms with E-state index >= 15 is 0 Å². The van der Waals surface area contributed by atoms with Crippen LogP contribution in [0.1, 0.15) is 24.2 Å². The molecule has 0 aliphatic heterocycles. The lowest BCUT2D eigenvalue weighted by Gasteiger charge is -2.03. The molecule has 78 valence electrons. The Kier molecular flexibility index (Phi) is 5.88. The van der Waals surface area contributed by atoms with E-state index in [1.54, 1.807) is 0 Å². The third-order valence-electron chi connectivity index (χ3n) is 1.40. The molecule has 1 aromatic rings. The lowest BCUT2D eigenvalue weighted by Crippen LogP contribution is -1.91. The minimum Gasteiger partial charge on any atom is -0.495 e. The second kappa shape index (κ2) is 6.38. The van der Waals surface area contributed by atoms with Gasteiger partial charge in [-0.15, -0.1) is 0 Å². The summed E-state index contributed by atoms with van der Waals surface area (Å²) in [4.78, 5) is 10.2. The molecule has 4 heteroatoms. The minimum atomic E-state index is -0.633. The highest BCUT2D eigenvalue weighted by Crippen LogP contribution is 2.26. The van der Waals surface area contributed by atoms with Crippen molar-refractivity contribution in [2.45, 2.75) is 13.8 Å². The van der Waals surface area contributed by atoms with Gasteiger partial charge in [0.1, 0.15) is 11.6 Å². The van der Waals surface area contributed by atoms with Gasteiger partial charge in [-0.1, -0.05) is 25.4 Å². The number of carbonyl (C=O) groups excluding carboxylic acids is 1. The molecular weight excluding hydrogens is 207 g/mol. The first-order valence-corrected chi connectivity index (χ1v) is 4.55. The molecule has 0 radical (unpaired) electrons. The van der Waals surface area contributed by atoms with Gasteiger partial charge < -0.3 is 4.74 Å². The molecular formula is C10H12ClFO2. The summed E-state index contributed by atoms with van der Waals surface area (Å²) in [6, 6.07) is 2.30. The topological polar surface area (TPSA) is 26.3 Å². The Labute approximate surface area is 87.6 Å². The summed E-state index contributed by atoms with van der Waals surface area (Å²) >= 11 is 5.63. The van der Waals surface area contributed by atoms with Crippen LogP contribution in [0.2, 0.25) is 5.02 Å². The van der Waals surface area contributed by atoms with E-state index in [0.717, 1.165) is 6.07 Å². The van der Waals surface area contributed by atoms with Gasteiger partial charge in [0.2, 0.25) is 0 Å². The Morgan fingerprint density at radius 2 is 2.00 bits per heavy atom. The molecule has 14 heavy (non-hydrogen) atoms. The quantitative estimate of drug-likeness (QED) is 0.712. The van der Waals surface area contributed by atoms with Crippen LogP contribution in [0.4, 0.5) is 4.39 Å². The fraction of sp³-hybridized carbons (Fsp3) is 0.300. The van der Waals surface area contributed by atoms with Gasteiger partial charge in [0.25, 0.3) is 0 Å². The standard InChI is InChI=1S/C8H6ClFO2.C2H6/c1-12-8-3-7(10)5(4-11)2-6(8)9;1-2/h2-4H,1H3;1-2H3. The van der Waals surface area contributed by atoms with E-state index in [1.165, 1.54) is 13.2 Å². The highest BCUT2D eigenvalue weighted by Gasteiger charge is 2.07. The van der Waals surface area contributed by atoms with Gasteiger partial charge in [0.15, 0.2) is 6.29 Å². The first-order valence-electron chi connectivity index (χ1n) is 4.17. The van der Waals surface area contributed by atoms with Gasteiger partial charge in [-0.05, 0) is 6.07 Å². The molecule has 0 fully saturated rings. The molecule has 0 amide bonds. The molecule has 0 aliphatic carbocycles. The molecule has 2 nitrogen and oxygen atoms in total. The molecule has 0 saturated heterocycles. The van der Waals surface area contributed by atoms with Gasteiger partial charge >= 0.3 is 0 Å². The van der Waals surface area contributed by atoms with E-state index in [4.69, 9.17) is 16.3 Å². The third-order valence-corrected chi connectivity index (χ3v) is 1.69. The van der Waals surface area contributed by atoms with Crippen molar-refractivity contribution < 1.29 is 13.9 Å². The molecule has 0 unspecified atom stereocenters. The average Bonchev–Trinajstić information content (AvgIpc) is 2.23. The molecule has 0 atom stereocenters. The summed E-state index contributed by atoms with van der Waals surface area (Å²) < 4.78 is 17.6. The van der Waals surface area contributed by atoms with E-state index in [0.29, 0.717) is 6.29 Å². The summed E-state index contributed by atoms with van der Waals surface area (Å²) in [5.74, 6) is -0.411. The lowest BCUT2D eigenvalue weighted by molar-refractivity contribution is 0.112. The van der Waals surface area contributed by atoms with Crippen molar-refractivity contribution in [1.82, 2.24) is 0 Å². The summed E-state index contributed by atoms with van der Waals surface area (Å²) in [6.45, 7) is 4.00. The molecule has 0 N–H and O–H groups in total. The second-order valence-corrected chi connectivity index (χ2v) is 2.53. The number of aldehydes is 1. The van der Waals surface area contributed by atoms with Crippen molar-refractivity contribution in [2.24, 2.45) is 0 Å². The summed E-state index contributed by atoms with van der Waals surface area (Å²) in [5.41, 5.74) is -0.0687. The van der Waals surface area contributed by atoms with Crippen LogP contribution in [0.3, 0.4) is 0 Å². The highest BCUT2D eigenvalue weighted by molar-refractivity contribution is 6.32. The largest absolute Gasteiger partial charge is 0.495 e. The number of hydrogen-bond acceptors (Lipinski definition) is 2. The zero-order valence-corrected chi connectivity index (χ0v) is 9.06. The molecule has 0 aliphatic rings. The van der Waals surface area contributed by atoms with Crippen LogP contribution in [0.15, 0.2) is 12.1 Å². The van der Waals surface area contributed by atoms with Crippen LogP contribution in [0.25, 0.3) is 0 Å². The van der Waals surface area contributed by atoms with Crippen molar-refractivity contribution in [3.63, 3.8) is 0 Å². The van der Waals surface area contributed by atoms with Gasteiger partial charge in [-0.2, -0.15) is 0 Å². The molecule has 0 spiro atoms. The number of hydrogen-bond donors (Lipinski definition) is 0. The second-order valence-electron chi connectivity index (χ2n) is 2.13. The van der Waals surface area contributed by atoms with Crippen molar-refractivity contribution in [3.05, 3.63) is 28.5 Å². The van der Waals surface area contributed by atoms with Crippen molar-refractivity contribution in [3.8, 4) is 5.75 Å². The molecule has 1 rings (SSSR count). The zero-order valence-electron chi connectivity index (χ0n) is 8.30. The van der Waals surface area contributed by atoms with Crippen molar-refractivity contribution in [1.29, 1.82) is 0 Å². The van der Waals surface area contributed by atoms with E-state index in [1.807, 2.05) is 13.8 Å². The maximum absolute atomic E-state index is 12.8. The first kappa shape index (κ1) is 12.9. The predicted octanol–water partition coefficient (Wildman–Crippen LogP) is 3.33. The number of halogens is 2. The average molecular weight is 219 g/mol. The Bertz CT molecular complexity index is 313. The number of rotatable bonds is 2. The zero-order chi connectivity index (χ0) is 11.1. The fourth-order valence-electron chi connectivity index (χ4n) is 0.791. The highest BCUT2D eigenvalue weighted by atomic mass is 35.5. The monoisotopic (exact) mass is 218 g/mol. The Hall–Kier alpha value is -1.09. The van der Waals surface area contributed by atoms with Gasteiger partial charge in [0, 0.05) is 6.07 Å². The molecule has 0 aromatic heterocycles. The molecule has 1 aromatic carbocycles. The summed E-state index contributed by atoms with van der Waals surface area (Å²) in [5, 5.41) is 0.223. The lowest BCUT2D eigenvalue weighted by atomic mass is 10.2. The third kappa shape index (κ3) is 3.00. The summed E-state index contributed by atoms with van der Waals surface area (Å²) in [7, 11) is 1.38. The Morgan fingerprint density at radius 1 is 1.43 bits per heavy atom. The number of ether oxygens (including phenoxy) is 1. The first-order chi connectivity index (χ1) is 6.69. The van der Waals surface area contributed by atoms with E-state index in [9.17, 15) is 9.18 Å². The van der Waals surface area contributed by atoms with E-state index in [2.05, 4.69) is 0 Å². The smallest absolute Gasteiger partial charge is 0.153 e. The Morgan fingerprint density at radius 3 is 2.43 bits per heavy atom. The summed E-state index contributed by atoms with van der Waals surface area (Å²) in [6.07, 6.45) is 0.403. The van der Waals surface area contributed by atoms with Crippen LogP contribution in [-0.2, 0) is 0 Å². The van der Waals surface area contributed by atoms with Gasteiger partial charge in [0.05, 0.1) is 17.7 Å². The normalized spacial score (nSPS) is 8.64. The number of benzene rings is 1. The number of methoxy groups -OCH3 is 1. The SMILES string of the molecule is CC.COc1cc(F)c(C=O)cc1Cl. The van der Waals surface area contributed by atoms with Gasteiger partial charge in [-0.25, -0.2) is 4.39 Å². The van der Waals surface area contributed by atoms with E-state index < -0.39 is 5.82 Å². The van der Waals surface area contributed by atoms with Crippen LogP contribution in [0.5, 0.6) is 5.75 Å². The molecule has 0 saturated carbocycles. The van der Waals surface area contributed by atoms with E-state index in [-0.39, 0.29) is 16.3 Å². The van der Waals surface area contributed by atoms with Crippen LogP contribution in [0, 0.1) is 5.82 Å². The Balaban J connectivity index is 0.000000791. The van der Waals surface area contributed by atoms with Crippen LogP contribution in [-0.4, -0.2) is 13.4 Å². The predicted molar refractivity (Wildman–Crippen MR) is 54.7 cm³/mol. The van der Waals surface area contributed by atoms with Crippen molar-refractivity contribution in [2.75, 3.05) is 7.11 Å². The minimum absolute atomic E-state index is 0.0687. The maximum Gasteiger partial charge on any atom is 0.153 e. The van der Waals surface area contributed by atoms with Crippen molar-refractivity contribution >= 4 is 17.9 Å². The maximum atomic E-state index is 12.8. The number of carbonyl (C=O) groups is 1. The fourth-order valence-corrected chi connectivity index (χ4v) is 1.04. The molecule has 0 bridgehead atoms. The van der Waals surface area contributed by atoms with Gasteiger partial charge in [-0.3, -0.25) is 4.79 Å². The van der Waals surface area contributed by atoms with Crippen LogP contribution >= 0.6 is 11.6 Å². The van der Waals surface area contributed by atoms with Crippen LogP contribution < -0.4 is 4.74 Å².